The van der Waals surface area contributed by atoms with Crippen molar-refractivity contribution in [2.24, 2.45) is 0 Å². The maximum Gasteiger partial charge on any atom is 0.238 e. The molecule has 2 aromatic rings. The van der Waals surface area contributed by atoms with Crippen molar-refractivity contribution >= 4 is 52.1 Å². The first-order chi connectivity index (χ1) is 12.0. The van der Waals surface area contributed by atoms with E-state index in [0.29, 0.717) is 22.3 Å². The van der Waals surface area contributed by atoms with Gasteiger partial charge in [0.1, 0.15) is 0 Å². The van der Waals surface area contributed by atoms with Gasteiger partial charge in [0.15, 0.2) is 0 Å². The van der Waals surface area contributed by atoms with Gasteiger partial charge < -0.3 is 10.2 Å². The van der Waals surface area contributed by atoms with E-state index in [9.17, 15) is 4.79 Å². The van der Waals surface area contributed by atoms with Crippen LogP contribution in [0.5, 0.6) is 0 Å². The highest BCUT2D eigenvalue weighted by molar-refractivity contribution is 6.35. The Labute approximate surface area is 162 Å². The highest BCUT2D eigenvalue weighted by atomic mass is 35.5. The standard InChI is InChI=1S/C18H18Cl3N3O/c19-13-5-6-14(20)16(11-13)22-18(25)12-23-7-9-24(10-8-23)17-4-2-1-3-15(17)21/h1-6,11H,7-10,12H2,(H,22,25). The molecule has 0 unspecified atom stereocenters. The van der Waals surface area contributed by atoms with Crippen molar-refractivity contribution in [3.05, 3.63) is 57.5 Å². The molecule has 1 aliphatic heterocycles. The maximum atomic E-state index is 12.3. The van der Waals surface area contributed by atoms with E-state index < -0.39 is 0 Å². The summed E-state index contributed by atoms with van der Waals surface area (Å²) in [5.41, 5.74) is 1.58. The molecule has 1 fully saturated rings. The van der Waals surface area contributed by atoms with Crippen molar-refractivity contribution in [3.63, 3.8) is 0 Å². The SMILES string of the molecule is O=C(CN1CCN(c2ccccc2Cl)CC1)Nc1cc(Cl)ccc1Cl. The summed E-state index contributed by atoms with van der Waals surface area (Å²) in [6.07, 6.45) is 0. The number of para-hydroxylation sites is 1. The molecule has 25 heavy (non-hydrogen) atoms. The minimum absolute atomic E-state index is 0.102. The number of halogens is 3. The number of amides is 1. The third-order valence-electron chi connectivity index (χ3n) is 4.14. The van der Waals surface area contributed by atoms with E-state index in [1.165, 1.54) is 0 Å². The van der Waals surface area contributed by atoms with Gasteiger partial charge in [-0.15, -0.1) is 0 Å². The third-order valence-corrected chi connectivity index (χ3v) is 5.02. The lowest BCUT2D eigenvalue weighted by molar-refractivity contribution is -0.117. The van der Waals surface area contributed by atoms with Crippen LogP contribution >= 0.6 is 34.8 Å². The third kappa shape index (κ3) is 4.79. The molecule has 1 aliphatic rings. The number of piperazine rings is 1. The van der Waals surface area contributed by atoms with E-state index in [-0.39, 0.29) is 5.91 Å². The maximum absolute atomic E-state index is 12.3. The molecular formula is C18H18Cl3N3O. The minimum atomic E-state index is -0.102. The molecule has 0 atom stereocenters. The summed E-state index contributed by atoms with van der Waals surface area (Å²) in [5, 5.41) is 4.58. The molecule has 4 nitrogen and oxygen atoms in total. The molecule has 0 radical (unpaired) electrons. The molecule has 1 amide bonds. The monoisotopic (exact) mass is 397 g/mol. The topological polar surface area (TPSA) is 35.6 Å². The number of anilines is 2. The summed E-state index contributed by atoms with van der Waals surface area (Å²) in [4.78, 5) is 16.6. The fourth-order valence-electron chi connectivity index (χ4n) is 2.84. The Morgan fingerprint density at radius 1 is 0.960 bits per heavy atom. The van der Waals surface area contributed by atoms with Gasteiger partial charge >= 0.3 is 0 Å². The van der Waals surface area contributed by atoms with Gasteiger partial charge in [0.05, 0.1) is 28.0 Å². The lowest BCUT2D eigenvalue weighted by Crippen LogP contribution is -2.48. The van der Waals surface area contributed by atoms with Crippen LogP contribution in [0.4, 0.5) is 11.4 Å². The normalized spacial score (nSPS) is 15.2. The van der Waals surface area contributed by atoms with Crippen molar-refractivity contribution in [3.8, 4) is 0 Å². The molecule has 0 saturated carbocycles. The molecule has 1 saturated heterocycles. The van der Waals surface area contributed by atoms with Crippen molar-refractivity contribution < 1.29 is 4.79 Å². The first-order valence-corrected chi connectivity index (χ1v) is 9.13. The summed E-state index contributed by atoms with van der Waals surface area (Å²) in [5.74, 6) is -0.102. The van der Waals surface area contributed by atoms with E-state index in [2.05, 4.69) is 15.1 Å². The fraction of sp³-hybridized carbons (Fsp3) is 0.278. The zero-order valence-electron chi connectivity index (χ0n) is 13.5. The number of rotatable bonds is 4. The van der Waals surface area contributed by atoms with Crippen LogP contribution in [0.3, 0.4) is 0 Å². The molecular weight excluding hydrogens is 381 g/mol. The van der Waals surface area contributed by atoms with Crippen LogP contribution < -0.4 is 10.2 Å². The molecule has 7 heteroatoms. The summed E-state index contributed by atoms with van der Waals surface area (Å²) in [6.45, 7) is 3.56. The number of benzene rings is 2. The second kappa shape index (κ2) is 8.28. The number of nitrogens with one attached hydrogen (secondary N) is 1. The van der Waals surface area contributed by atoms with E-state index >= 15 is 0 Å². The van der Waals surface area contributed by atoms with Gasteiger partial charge in [0.25, 0.3) is 0 Å². The van der Waals surface area contributed by atoms with E-state index in [0.717, 1.165) is 36.9 Å². The van der Waals surface area contributed by atoms with Gasteiger partial charge in [0, 0.05) is 31.2 Å². The van der Waals surface area contributed by atoms with Crippen LogP contribution in [0.2, 0.25) is 15.1 Å². The minimum Gasteiger partial charge on any atom is -0.368 e. The zero-order chi connectivity index (χ0) is 17.8. The molecule has 0 spiro atoms. The average Bonchev–Trinajstić information content (AvgIpc) is 2.59. The fourth-order valence-corrected chi connectivity index (χ4v) is 3.43. The number of hydrogen-bond donors (Lipinski definition) is 1. The first-order valence-electron chi connectivity index (χ1n) is 7.99. The van der Waals surface area contributed by atoms with Crippen LogP contribution in [0.15, 0.2) is 42.5 Å². The number of hydrogen-bond acceptors (Lipinski definition) is 3. The lowest BCUT2D eigenvalue weighted by atomic mass is 10.2. The quantitative estimate of drug-likeness (QED) is 0.829. The van der Waals surface area contributed by atoms with Crippen LogP contribution in [0.25, 0.3) is 0 Å². The van der Waals surface area contributed by atoms with Gasteiger partial charge in [-0.1, -0.05) is 46.9 Å². The molecule has 1 heterocycles. The Morgan fingerprint density at radius 2 is 1.68 bits per heavy atom. The summed E-state index contributed by atoms with van der Waals surface area (Å²) < 4.78 is 0. The Hall–Kier alpha value is -1.46. The van der Waals surface area contributed by atoms with Gasteiger partial charge in [-0.3, -0.25) is 9.69 Å². The Morgan fingerprint density at radius 3 is 2.40 bits per heavy atom. The summed E-state index contributed by atoms with van der Waals surface area (Å²) >= 11 is 18.3. The van der Waals surface area contributed by atoms with Crippen LogP contribution in [-0.4, -0.2) is 43.5 Å². The lowest BCUT2D eigenvalue weighted by Gasteiger charge is -2.36. The Balaban J connectivity index is 1.53. The first kappa shape index (κ1) is 18.3. The number of carbonyl (C=O) groups is 1. The van der Waals surface area contributed by atoms with Crippen LogP contribution in [0.1, 0.15) is 0 Å². The number of carbonyl (C=O) groups excluding carboxylic acids is 1. The van der Waals surface area contributed by atoms with Crippen molar-refractivity contribution in [1.82, 2.24) is 4.90 Å². The van der Waals surface area contributed by atoms with Crippen molar-refractivity contribution in [2.75, 3.05) is 42.9 Å². The van der Waals surface area contributed by atoms with E-state index in [1.807, 2.05) is 24.3 Å². The van der Waals surface area contributed by atoms with Gasteiger partial charge in [-0.2, -0.15) is 0 Å². The predicted octanol–water partition coefficient (Wildman–Crippen LogP) is 4.41. The van der Waals surface area contributed by atoms with Crippen LogP contribution in [-0.2, 0) is 4.79 Å². The average molecular weight is 399 g/mol. The molecule has 3 rings (SSSR count). The largest absolute Gasteiger partial charge is 0.368 e. The summed E-state index contributed by atoms with van der Waals surface area (Å²) in [7, 11) is 0. The van der Waals surface area contributed by atoms with Gasteiger partial charge in [-0.05, 0) is 30.3 Å². The number of nitrogens with zero attached hydrogens (tertiary/aromatic N) is 2. The van der Waals surface area contributed by atoms with Gasteiger partial charge in [0.2, 0.25) is 5.91 Å². The predicted molar refractivity (Wildman–Crippen MR) is 105 cm³/mol. The highest BCUT2D eigenvalue weighted by Crippen LogP contribution is 2.27. The van der Waals surface area contributed by atoms with Crippen molar-refractivity contribution in [1.29, 1.82) is 0 Å². The Bertz CT molecular complexity index is 761. The molecule has 1 N–H and O–H groups in total. The van der Waals surface area contributed by atoms with E-state index in [4.69, 9.17) is 34.8 Å². The molecule has 132 valence electrons. The molecule has 0 aliphatic carbocycles. The summed E-state index contributed by atoms with van der Waals surface area (Å²) in [6, 6.07) is 12.8. The second-order valence-electron chi connectivity index (χ2n) is 5.89. The smallest absolute Gasteiger partial charge is 0.238 e. The molecule has 0 aromatic heterocycles. The van der Waals surface area contributed by atoms with Crippen LogP contribution in [0, 0.1) is 0 Å². The Kier molecular flexibility index (Phi) is 6.07. The zero-order valence-corrected chi connectivity index (χ0v) is 15.8. The van der Waals surface area contributed by atoms with Gasteiger partial charge in [-0.25, -0.2) is 0 Å². The molecule has 0 bridgehead atoms. The van der Waals surface area contributed by atoms with Crippen molar-refractivity contribution in [2.45, 2.75) is 0 Å². The highest BCUT2D eigenvalue weighted by Gasteiger charge is 2.20. The molecule has 2 aromatic carbocycles. The van der Waals surface area contributed by atoms with E-state index in [1.54, 1.807) is 18.2 Å². The second-order valence-corrected chi connectivity index (χ2v) is 7.14.